The summed E-state index contributed by atoms with van der Waals surface area (Å²) in [7, 11) is -3.40. The first-order chi connectivity index (χ1) is 17.2. The number of aliphatic hydroxyl groups is 1. The third kappa shape index (κ3) is 4.39. The van der Waals surface area contributed by atoms with Gasteiger partial charge in [-0.15, -0.1) is 0 Å². The van der Waals surface area contributed by atoms with Crippen LogP contribution in [0.25, 0.3) is 16.7 Å². The number of sulfonamides is 1. The van der Waals surface area contributed by atoms with Gasteiger partial charge >= 0.3 is 0 Å². The summed E-state index contributed by atoms with van der Waals surface area (Å²) in [5.41, 5.74) is -0.0816. The number of benzene rings is 1. The highest BCUT2D eigenvalue weighted by atomic mass is 32.2. The van der Waals surface area contributed by atoms with Crippen LogP contribution in [-0.2, 0) is 21.4 Å². The van der Waals surface area contributed by atoms with Gasteiger partial charge in [0, 0.05) is 19.0 Å². The minimum atomic E-state index is -3.40. The molecule has 11 nitrogen and oxygen atoms in total. The van der Waals surface area contributed by atoms with E-state index in [0.717, 1.165) is 12.8 Å². The fourth-order valence-electron chi connectivity index (χ4n) is 4.78. The molecule has 12 heteroatoms. The second-order valence-corrected chi connectivity index (χ2v) is 12.2. The van der Waals surface area contributed by atoms with Gasteiger partial charge in [-0.2, -0.15) is 5.10 Å². The summed E-state index contributed by atoms with van der Waals surface area (Å²) in [5.74, 6) is 0.329. The molecule has 3 aliphatic rings. The SMILES string of the molecule is O=C(C1CC1)N1CCC(O)(Cn2cnc3c(cnn3-c3cccc(NS(=O)(=O)C4CC4)c3)c2=O)CC1. The van der Waals surface area contributed by atoms with E-state index in [1.54, 1.807) is 24.3 Å². The fourth-order valence-corrected chi connectivity index (χ4v) is 6.16. The van der Waals surface area contributed by atoms with Crippen LogP contribution in [0.1, 0.15) is 38.5 Å². The Kier molecular flexibility index (Phi) is 5.41. The van der Waals surface area contributed by atoms with E-state index in [2.05, 4.69) is 14.8 Å². The fraction of sp³-hybridized carbons (Fsp3) is 0.500. The number of anilines is 1. The van der Waals surface area contributed by atoms with Crippen molar-refractivity contribution in [1.82, 2.24) is 24.2 Å². The van der Waals surface area contributed by atoms with Gasteiger partial charge in [0.05, 0.1) is 35.0 Å². The molecule has 0 spiro atoms. The van der Waals surface area contributed by atoms with Crippen LogP contribution in [0, 0.1) is 5.92 Å². The molecule has 3 aromatic rings. The quantitative estimate of drug-likeness (QED) is 0.486. The number of carbonyl (C=O) groups excluding carboxylic acids is 1. The topological polar surface area (TPSA) is 139 Å². The molecule has 0 bridgehead atoms. The van der Waals surface area contributed by atoms with Gasteiger partial charge in [0.25, 0.3) is 5.56 Å². The van der Waals surface area contributed by atoms with Crippen molar-refractivity contribution in [3.8, 4) is 5.69 Å². The molecule has 36 heavy (non-hydrogen) atoms. The van der Waals surface area contributed by atoms with Crippen molar-refractivity contribution in [3.05, 3.63) is 47.1 Å². The first-order valence-corrected chi connectivity index (χ1v) is 13.8. The first-order valence-electron chi connectivity index (χ1n) is 12.3. The Labute approximate surface area is 207 Å². The number of fused-ring (bicyclic) bond motifs is 1. The van der Waals surface area contributed by atoms with E-state index in [4.69, 9.17) is 0 Å². The number of aromatic nitrogens is 4. The predicted molar refractivity (Wildman–Crippen MR) is 132 cm³/mol. The van der Waals surface area contributed by atoms with Crippen molar-refractivity contribution >= 4 is 32.7 Å². The van der Waals surface area contributed by atoms with Gasteiger partial charge in [0.15, 0.2) is 5.65 Å². The lowest BCUT2D eigenvalue weighted by Crippen LogP contribution is -2.50. The van der Waals surface area contributed by atoms with E-state index in [1.807, 2.05) is 4.90 Å². The normalized spacial score (nSPS) is 20.0. The van der Waals surface area contributed by atoms with E-state index in [0.29, 0.717) is 61.2 Å². The van der Waals surface area contributed by atoms with Crippen LogP contribution in [0.15, 0.2) is 41.6 Å². The number of hydrogen-bond donors (Lipinski definition) is 2. The van der Waals surface area contributed by atoms with Gasteiger partial charge in [-0.25, -0.2) is 18.1 Å². The maximum Gasteiger partial charge on any atom is 0.264 e. The van der Waals surface area contributed by atoms with Gasteiger partial charge in [0.2, 0.25) is 15.9 Å². The number of piperidine rings is 1. The Balaban J connectivity index is 1.21. The van der Waals surface area contributed by atoms with Crippen molar-refractivity contribution in [3.63, 3.8) is 0 Å². The molecular weight excluding hydrogens is 484 g/mol. The number of nitrogens with zero attached hydrogens (tertiary/aromatic N) is 5. The lowest BCUT2D eigenvalue weighted by molar-refractivity contribution is -0.137. The Morgan fingerprint density at radius 1 is 1.17 bits per heavy atom. The van der Waals surface area contributed by atoms with Crippen LogP contribution in [0.5, 0.6) is 0 Å². The van der Waals surface area contributed by atoms with Crippen LogP contribution < -0.4 is 10.3 Å². The van der Waals surface area contributed by atoms with E-state index < -0.39 is 15.6 Å². The molecule has 2 aromatic heterocycles. The average Bonchev–Trinajstić information content (AvgIpc) is 3.77. The Morgan fingerprint density at radius 2 is 1.92 bits per heavy atom. The first kappa shape index (κ1) is 23.2. The maximum atomic E-state index is 13.2. The van der Waals surface area contributed by atoms with Crippen molar-refractivity contribution in [2.75, 3.05) is 17.8 Å². The van der Waals surface area contributed by atoms with Crippen LogP contribution in [0.4, 0.5) is 5.69 Å². The molecule has 2 N–H and O–H groups in total. The molecule has 0 unspecified atom stereocenters. The third-order valence-corrected chi connectivity index (χ3v) is 9.13. The molecule has 3 heterocycles. The van der Waals surface area contributed by atoms with Crippen molar-refractivity contribution < 1.29 is 18.3 Å². The van der Waals surface area contributed by atoms with Crippen LogP contribution in [0.3, 0.4) is 0 Å². The van der Waals surface area contributed by atoms with Crippen LogP contribution >= 0.6 is 0 Å². The standard InChI is InChI=1S/C24H28N6O5S/c31-22(16-4-5-16)28-10-8-24(33,9-11-28)14-29-15-25-21-20(23(29)32)13-26-30(21)18-3-1-2-17(12-18)27-36(34,35)19-6-7-19/h1-3,12-13,15-16,19,27,33H,4-11,14H2. The van der Waals surface area contributed by atoms with Crippen LogP contribution in [-0.4, -0.2) is 67.6 Å². The van der Waals surface area contributed by atoms with Gasteiger partial charge < -0.3 is 10.0 Å². The van der Waals surface area contributed by atoms with Crippen molar-refractivity contribution in [1.29, 1.82) is 0 Å². The summed E-state index contributed by atoms with van der Waals surface area (Å²) in [5, 5.41) is 15.4. The van der Waals surface area contributed by atoms with Gasteiger partial charge in [-0.05, 0) is 56.7 Å². The number of nitrogens with one attached hydrogen (secondary N) is 1. The Hall–Kier alpha value is -3.25. The molecule has 3 fully saturated rings. The van der Waals surface area contributed by atoms with Crippen molar-refractivity contribution in [2.24, 2.45) is 5.92 Å². The Morgan fingerprint density at radius 3 is 2.61 bits per heavy atom. The molecule has 2 aliphatic carbocycles. The summed E-state index contributed by atoms with van der Waals surface area (Å²) in [6, 6.07) is 6.79. The second-order valence-electron chi connectivity index (χ2n) is 10.2. The smallest absolute Gasteiger partial charge is 0.264 e. The lowest BCUT2D eigenvalue weighted by Gasteiger charge is -2.38. The molecule has 0 atom stereocenters. The molecule has 1 aromatic carbocycles. The van der Waals surface area contributed by atoms with E-state index >= 15 is 0 Å². The maximum absolute atomic E-state index is 13.2. The number of carbonyl (C=O) groups is 1. The predicted octanol–water partition coefficient (Wildman–Crippen LogP) is 1.25. The Bertz CT molecular complexity index is 1500. The molecule has 6 rings (SSSR count). The zero-order chi connectivity index (χ0) is 25.1. The summed E-state index contributed by atoms with van der Waals surface area (Å²) in [6.45, 7) is 1.05. The third-order valence-electron chi connectivity index (χ3n) is 7.27. The minimum Gasteiger partial charge on any atom is -0.388 e. The summed E-state index contributed by atoms with van der Waals surface area (Å²) in [6.07, 6.45) is 6.88. The molecule has 2 saturated carbocycles. The minimum absolute atomic E-state index is 0.0871. The average molecular weight is 513 g/mol. The van der Waals surface area contributed by atoms with Gasteiger partial charge in [0.1, 0.15) is 11.7 Å². The van der Waals surface area contributed by atoms with E-state index in [1.165, 1.54) is 21.8 Å². The number of likely N-dealkylation sites (tertiary alicyclic amines) is 1. The summed E-state index contributed by atoms with van der Waals surface area (Å²) in [4.78, 5) is 31.8. The largest absolute Gasteiger partial charge is 0.388 e. The molecule has 1 saturated heterocycles. The summed E-state index contributed by atoms with van der Waals surface area (Å²) < 4.78 is 30.1. The van der Waals surface area contributed by atoms with E-state index in [-0.39, 0.29) is 29.2 Å². The monoisotopic (exact) mass is 512 g/mol. The van der Waals surface area contributed by atoms with Crippen LogP contribution in [0.2, 0.25) is 0 Å². The molecular formula is C24H28N6O5S. The number of hydrogen-bond acceptors (Lipinski definition) is 7. The highest BCUT2D eigenvalue weighted by molar-refractivity contribution is 7.93. The molecule has 190 valence electrons. The highest BCUT2D eigenvalue weighted by Gasteiger charge is 2.39. The van der Waals surface area contributed by atoms with Gasteiger partial charge in [-0.3, -0.25) is 18.9 Å². The van der Waals surface area contributed by atoms with Gasteiger partial charge in [-0.1, -0.05) is 6.07 Å². The molecule has 0 radical (unpaired) electrons. The molecule has 1 amide bonds. The second kappa shape index (κ2) is 8.41. The van der Waals surface area contributed by atoms with Crippen molar-refractivity contribution in [2.45, 2.75) is 55.9 Å². The lowest BCUT2D eigenvalue weighted by atomic mass is 9.91. The highest BCUT2D eigenvalue weighted by Crippen LogP contribution is 2.33. The summed E-state index contributed by atoms with van der Waals surface area (Å²) >= 11 is 0. The van der Waals surface area contributed by atoms with E-state index in [9.17, 15) is 23.1 Å². The number of rotatable bonds is 7. The zero-order valence-corrected chi connectivity index (χ0v) is 20.5. The number of amides is 1. The zero-order valence-electron chi connectivity index (χ0n) is 19.7. The molecule has 1 aliphatic heterocycles.